The molecule has 80 valence electrons. The highest BCUT2D eigenvalue weighted by molar-refractivity contribution is 7.16. The Labute approximate surface area is 91.3 Å². The Kier molecular flexibility index (Phi) is 2.81. The highest BCUT2D eigenvalue weighted by atomic mass is 32.1. The molecule has 6 heteroatoms. The number of nitrogens with one attached hydrogen (secondary N) is 1. The minimum Gasteiger partial charge on any atom is -0.374 e. The maximum absolute atomic E-state index is 5.41. The maximum Gasteiger partial charge on any atom is 0.160 e. The van der Waals surface area contributed by atoms with Gasteiger partial charge in [-0.3, -0.25) is 0 Å². The molecule has 2 aromatic heterocycles. The number of nitrogens with zero attached hydrogens (tertiary/aromatic N) is 2. The molecule has 1 unspecified atom stereocenters. The minimum atomic E-state index is -0.136. The lowest BCUT2D eigenvalue weighted by Crippen LogP contribution is -2.12. The molecule has 3 N–H and O–H groups in total. The van der Waals surface area contributed by atoms with Crippen molar-refractivity contribution in [1.29, 1.82) is 0 Å². The summed E-state index contributed by atoms with van der Waals surface area (Å²) in [4.78, 5) is 9.61. The fraction of sp³-hybridized carbons (Fsp3) is 0.333. The van der Waals surface area contributed by atoms with E-state index in [1.165, 1.54) is 0 Å². The first-order valence-corrected chi connectivity index (χ1v) is 5.38. The van der Waals surface area contributed by atoms with Gasteiger partial charge in [0.25, 0.3) is 0 Å². The van der Waals surface area contributed by atoms with Crippen molar-refractivity contribution in [3.63, 3.8) is 0 Å². The molecule has 0 aliphatic rings. The number of nitrogens with two attached hydrogens (primary N) is 1. The topological polar surface area (TPSA) is 73.1 Å². The second kappa shape index (κ2) is 4.09. The predicted molar refractivity (Wildman–Crippen MR) is 60.6 cm³/mol. The Hall–Kier alpha value is -1.24. The monoisotopic (exact) mass is 224 g/mol. The summed E-state index contributed by atoms with van der Waals surface area (Å²) in [6.45, 7) is 1.90. The molecule has 0 aromatic carbocycles. The van der Waals surface area contributed by atoms with Gasteiger partial charge in [-0.2, -0.15) is 0 Å². The quantitative estimate of drug-likeness (QED) is 0.613. The average Bonchev–Trinajstić information content (AvgIpc) is 2.74. The standard InChI is InChI=1S/C9H12N4OS/c1-5(14-2)7-11-8(13-10)6-3-4-15-9(6)12-7/h3-5H,10H2,1-2H3,(H,11,12,13). The van der Waals surface area contributed by atoms with Crippen LogP contribution in [0.15, 0.2) is 11.4 Å². The third kappa shape index (κ3) is 1.79. The number of aromatic nitrogens is 2. The maximum atomic E-state index is 5.41. The van der Waals surface area contributed by atoms with Crippen molar-refractivity contribution < 1.29 is 4.74 Å². The third-order valence-electron chi connectivity index (χ3n) is 2.20. The molecule has 0 saturated carbocycles. The van der Waals surface area contributed by atoms with Crippen molar-refractivity contribution >= 4 is 27.4 Å². The van der Waals surface area contributed by atoms with Gasteiger partial charge in [-0.25, -0.2) is 15.8 Å². The Morgan fingerprint density at radius 3 is 3.00 bits per heavy atom. The van der Waals surface area contributed by atoms with Gasteiger partial charge in [-0.05, 0) is 18.4 Å². The van der Waals surface area contributed by atoms with Gasteiger partial charge in [0.1, 0.15) is 10.9 Å². The minimum absolute atomic E-state index is 0.136. The molecular formula is C9H12N4OS. The summed E-state index contributed by atoms with van der Waals surface area (Å²) in [5, 5.41) is 2.90. The van der Waals surface area contributed by atoms with Gasteiger partial charge in [0.15, 0.2) is 11.6 Å². The Morgan fingerprint density at radius 2 is 2.33 bits per heavy atom. The van der Waals surface area contributed by atoms with E-state index in [2.05, 4.69) is 15.4 Å². The number of anilines is 1. The first-order valence-electron chi connectivity index (χ1n) is 4.50. The number of hydrazine groups is 1. The molecule has 0 radical (unpaired) electrons. The van der Waals surface area contributed by atoms with Gasteiger partial charge in [0, 0.05) is 7.11 Å². The molecule has 5 nitrogen and oxygen atoms in total. The van der Waals surface area contributed by atoms with E-state index in [9.17, 15) is 0 Å². The van der Waals surface area contributed by atoms with Crippen LogP contribution in [0.4, 0.5) is 5.82 Å². The number of ether oxygens (including phenoxy) is 1. The molecule has 0 fully saturated rings. The van der Waals surface area contributed by atoms with Gasteiger partial charge < -0.3 is 10.2 Å². The molecule has 2 heterocycles. The van der Waals surface area contributed by atoms with Gasteiger partial charge >= 0.3 is 0 Å². The van der Waals surface area contributed by atoms with Crippen molar-refractivity contribution in [2.45, 2.75) is 13.0 Å². The number of methoxy groups -OCH3 is 1. The van der Waals surface area contributed by atoms with Crippen LogP contribution in [-0.4, -0.2) is 17.1 Å². The molecule has 0 spiro atoms. The van der Waals surface area contributed by atoms with Crippen molar-refractivity contribution in [3.8, 4) is 0 Å². The molecular weight excluding hydrogens is 212 g/mol. The lowest BCUT2D eigenvalue weighted by molar-refractivity contribution is 0.112. The summed E-state index contributed by atoms with van der Waals surface area (Å²) in [6.07, 6.45) is -0.136. The lowest BCUT2D eigenvalue weighted by atomic mass is 10.3. The molecule has 2 aromatic rings. The molecule has 0 amide bonds. The van der Waals surface area contributed by atoms with Crippen molar-refractivity contribution in [2.24, 2.45) is 5.84 Å². The first-order chi connectivity index (χ1) is 7.26. The fourth-order valence-corrected chi connectivity index (χ4v) is 2.04. The van der Waals surface area contributed by atoms with Gasteiger partial charge in [-0.1, -0.05) is 0 Å². The zero-order valence-corrected chi connectivity index (χ0v) is 9.34. The van der Waals surface area contributed by atoms with Crippen LogP contribution in [0.3, 0.4) is 0 Å². The van der Waals surface area contributed by atoms with Gasteiger partial charge in [-0.15, -0.1) is 11.3 Å². The van der Waals surface area contributed by atoms with Gasteiger partial charge in [0.2, 0.25) is 0 Å². The van der Waals surface area contributed by atoms with Crippen LogP contribution >= 0.6 is 11.3 Å². The van der Waals surface area contributed by atoms with E-state index >= 15 is 0 Å². The number of nitrogen functional groups attached to an aromatic ring is 1. The summed E-state index contributed by atoms with van der Waals surface area (Å²) in [6, 6.07) is 1.94. The van der Waals surface area contributed by atoms with E-state index in [1.54, 1.807) is 18.4 Å². The smallest absolute Gasteiger partial charge is 0.160 e. The van der Waals surface area contributed by atoms with E-state index in [4.69, 9.17) is 10.6 Å². The molecule has 2 rings (SSSR count). The van der Waals surface area contributed by atoms with Gasteiger partial charge in [0.05, 0.1) is 5.39 Å². The number of thiophene rings is 1. The lowest BCUT2D eigenvalue weighted by Gasteiger charge is -2.09. The molecule has 0 aliphatic carbocycles. The number of rotatable bonds is 3. The highest BCUT2D eigenvalue weighted by Crippen LogP contribution is 2.26. The largest absolute Gasteiger partial charge is 0.374 e. The van der Waals surface area contributed by atoms with Crippen LogP contribution < -0.4 is 11.3 Å². The number of hydrogen-bond donors (Lipinski definition) is 2. The van der Waals surface area contributed by atoms with Crippen molar-refractivity contribution in [2.75, 3.05) is 12.5 Å². The molecule has 1 atom stereocenters. The van der Waals surface area contributed by atoms with Crippen LogP contribution in [0.1, 0.15) is 18.9 Å². The van der Waals surface area contributed by atoms with Crippen LogP contribution in [-0.2, 0) is 4.74 Å². The summed E-state index contributed by atoms with van der Waals surface area (Å²) >= 11 is 1.56. The average molecular weight is 224 g/mol. The molecule has 0 aliphatic heterocycles. The first kappa shape index (κ1) is 10.3. The Morgan fingerprint density at radius 1 is 1.53 bits per heavy atom. The fourth-order valence-electron chi connectivity index (χ4n) is 1.27. The SMILES string of the molecule is COC(C)c1nc(NN)c2ccsc2n1. The Bertz CT molecular complexity index is 470. The summed E-state index contributed by atoms with van der Waals surface area (Å²) in [7, 11) is 1.63. The van der Waals surface area contributed by atoms with E-state index < -0.39 is 0 Å². The molecule has 15 heavy (non-hydrogen) atoms. The van der Waals surface area contributed by atoms with Crippen LogP contribution in [0.2, 0.25) is 0 Å². The molecule has 0 saturated heterocycles. The van der Waals surface area contributed by atoms with Crippen molar-refractivity contribution in [3.05, 3.63) is 17.3 Å². The van der Waals surface area contributed by atoms with E-state index in [0.29, 0.717) is 11.6 Å². The van der Waals surface area contributed by atoms with Crippen LogP contribution in [0.25, 0.3) is 10.2 Å². The van der Waals surface area contributed by atoms with Crippen LogP contribution in [0, 0.1) is 0 Å². The second-order valence-corrected chi connectivity index (χ2v) is 3.99. The number of hydrogen-bond acceptors (Lipinski definition) is 6. The zero-order valence-electron chi connectivity index (χ0n) is 8.52. The van der Waals surface area contributed by atoms with E-state index in [0.717, 1.165) is 10.2 Å². The third-order valence-corrected chi connectivity index (χ3v) is 3.00. The summed E-state index contributed by atoms with van der Waals surface area (Å²) < 4.78 is 5.17. The predicted octanol–water partition coefficient (Wildman–Crippen LogP) is 1.68. The second-order valence-electron chi connectivity index (χ2n) is 3.09. The Balaban J connectivity index is 2.58. The number of fused-ring (bicyclic) bond motifs is 1. The summed E-state index contributed by atoms with van der Waals surface area (Å²) in [5.74, 6) is 6.69. The highest BCUT2D eigenvalue weighted by Gasteiger charge is 2.12. The van der Waals surface area contributed by atoms with Crippen molar-refractivity contribution in [1.82, 2.24) is 9.97 Å². The van der Waals surface area contributed by atoms with E-state index in [1.807, 2.05) is 18.4 Å². The zero-order chi connectivity index (χ0) is 10.8. The van der Waals surface area contributed by atoms with E-state index in [-0.39, 0.29) is 6.10 Å². The summed E-state index contributed by atoms with van der Waals surface area (Å²) in [5.41, 5.74) is 2.58. The normalized spacial score (nSPS) is 13.0. The molecule has 0 bridgehead atoms. The van der Waals surface area contributed by atoms with Crippen LogP contribution in [0.5, 0.6) is 0 Å².